The Hall–Kier alpha value is -3.40. The van der Waals surface area contributed by atoms with Gasteiger partial charge in [-0.25, -0.2) is 4.98 Å². The number of nitro groups is 1. The fraction of sp³-hybridized carbons (Fsp3) is 0.200. The standard InChI is InChI=1S/C20H19BrN4O5/c1-28-16-8-3-13(11-17(16)29-2)9-10-22-19-18(25(26)27)20(24-12-23-19)30-15-6-4-14(21)5-7-15/h3-8,11-12H,9-10H2,1-2H3,(H,22,23,24). The number of aromatic nitrogens is 2. The predicted molar refractivity (Wildman–Crippen MR) is 115 cm³/mol. The molecule has 3 aromatic rings. The lowest BCUT2D eigenvalue weighted by molar-refractivity contribution is -0.385. The van der Waals surface area contributed by atoms with E-state index < -0.39 is 4.92 Å². The average molecular weight is 475 g/mol. The summed E-state index contributed by atoms with van der Waals surface area (Å²) in [5.41, 5.74) is 0.649. The van der Waals surface area contributed by atoms with Crippen LogP contribution in [0.25, 0.3) is 0 Å². The Labute approximate surface area is 181 Å². The monoisotopic (exact) mass is 474 g/mol. The van der Waals surface area contributed by atoms with E-state index in [1.807, 2.05) is 18.2 Å². The molecule has 30 heavy (non-hydrogen) atoms. The Morgan fingerprint density at radius 2 is 1.80 bits per heavy atom. The number of rotatable bonds is 9. The number of methoxy groups -OCH3 is 2. The summed E-state index contributed by atoms with van der Waals surface area (Å²) < 4.78 is 17.0. The zero-order valence-corrected chi connectivity index (χ0v) is 17.9. The van der Waals surface area contributed by atoms with E-state index in [4.69, 9.17) is 14.2 Å². The maximum atomic E-state index is 11.6. The molecule has 0 fully saturated rings. The SMILES string of the molecule is COc1ccc(CCNc2ncnc(Oc3ccc(Br)cc3)c2[N+](=O)[O-])cc1OC. The highest BCUT2D eigenvalue weighted by Crippen LogP contribution is 2.34. The number of hydrogen-bond acceptors (Lipinski definition) is 8. The summed E-state index contributed by atoms with van der Waals surface area (Å²) in [5.74, 6) is 1.63. The Morgan fingerprint density at radius 1 is 1.07 bits per heavy atom. The van der Waals surface area contributed by atoms with Gasteiger partial charge in [0.2, 0.25) is 5.82 Å². The number of benzene rings is 2. The zero-order chi connectivity index (χ0) is 21.5. The molecule has 0 aliphatic carbocycles. The molecule has 0 radical (unpaired) electrons. The molecular formula is C20H19BrN4O5. The molecule has 0 unspecified atom stereocenters. The van der Waals surface area contributed by atoms with Gasteiger partial charge in [0.05, 0.1) is 19.1 Å². The minimum atomic E-state index is -0.563. The van der Waals surface area contributed by atoms with Crippen molar-refractivity contribution in [2.45, 2.75) is 6.42 Å². The Bertz CT molecular complexity index is 1030. The minimum absolute atomic E-state index is 0.0857. The van der Waals surface area contributed by atoms with Gasteiger partial charge >= 0.3 is 11.6 Å². The first kappa shape index (κ1) is 21.3. The molecule has 10 heteroatoms. The van der Waals surface area contributed by atoms with Crippen LogP contribution in [0.3, 0.4) is 0 Å². The van der Waals surface area contributed by atoms with Crippen LogP contribution in [0.1, 0.15) is 5.56 Å². The molecule has 0 amide bonds. The molecule has 0 atom stereocenters. The summed E-state index contributed by atoms with van der Waals surface area (Å²) >= 11 is 3.33. The molecule has 0 aliphatic rings. The Morgan fingerprint density at radius 3 is 2.47 bits per heavy atom. The second-order valence-corrected chi connectivity index (χ2v) is 6.97. The van der Waals surface area contributed by atoms with Crippen LogP contribution in [0.15, 0.2) is 53.3 Å². The summed E-state index contributed by atoms with van der Waals surface area (Å²) in [5, 5.41) is 14.6. The lowest BCUT2D eigenvalue weighted by atomic mass is 10.1. The number of hydrogen-bond donors (Lipinski definition) is 1. The van der Waals surface area contributed by atoms with E-state index >= 15 is 0 Å². The first-order valence-electron chi connectivity index (χ1n) is 8.89. The van der Waals surface area contributed by atoms with Gasteiger partial charge in [0.15, 0.2) is 11.5 Å². The molecular weight excluding hydrogens is 456 g/mol. The van der Waals surface area contributed by atoms with Crippen molar-refractivity contribution in [3.63, 3.8) is 0 Å². The fourth-order valence-corrected chi connectivity index (χ4v) is 2.97. The largest absolute Gasteiger partial charge is 0.493 e. The van der Waals surface area contributed by atoms with Crippen LogP contribution in [0, 0.1) is 10.1 Å². The Kier molecular flexibility index (Phi) is 7.02. The molecule has 0 bridgehead atoms. The van der Waals surface area contributed by atoms with Crippen molar-refractivity contribution in [1.82, 2.24) is 9.97 Å². The van der Waals surface area contributed by atoms with Crippen molar-refractivity contribution >= 4 is 27.4 Å². The maximum absolute atomic E-state index is 11.6. The molecule has 1 aromatic heterocycles. The average Bonchev–Trinajstić information content (AvgIpc) is 2.75. The smallest absolute Gasteiger partial charge is 0.373 e. The van der Waals surface area contributed by atoms with Crippen molar-refractivity contribution in [2.24, 2.45) is 0 Å². The summed E-state index contributed by atoms with van der Waals surface area (Å²) in [6.07, 6.45) is 1.81. The van der Waals surface area contributed by atoms with Gasteiger partial charge in [-0.05, 0) is 48.4 Å². The van der Waals surface area contributed by atoms with Crippen LogP contribution < -0.4 is 19.5 Å². The maximum Gasteiger partial charge on any atom is 0.373 e. The first-order chi connectivity index (χ1) is 14.5. The van der Waals surface area contributed by atoms with E-state index in [2.05, 4.69) is 31.2 Å². The lowest BCUT2D eigenvalue weighted by Gasteiger charge is -2.11. The third-order valence-corrected chi connectivity index (χ3v) is 4.68. The topological polar surface area (TPSA) is 109 Å². The van der Waals surface area contributed by atoms with E-state index in [1.54, 1.807) is 38.5 Å². The third-order valence-electron chi connectivity index (χ3n) is 4.15. The van der Waals surface area contributed by atoms with Crippen molar-refractivity contribution in [3.8, 4) is 23.1 Å². The quantitative estimate of drug-likeness (QED) is 0.353. The van der Waals surface area contributed by atoms with Crippen molar-refractivity contribution < 1.29 is 19.1 Å². The van der Waals surface area contributed by atoms with E-state index in [0.29, 0.717) is 30.2 Å². The normalized spacial score (nSPS) is 10.4. The van der Waals surface area contributed by atoms with Gasteiger partial charge in [-0.3, -0.25) is 10.1 Å². The number of halogens is 1. The van der Waals surface area contributed by atoms with Gasteiger partial charge in [-0.1, -0.05) is 22.0 Å². The van der Waals surface area contributed by atoms with Gasteiger partial charge in [0.1, 0.15) is 12.1 Å². The van der Waals surface area contributed by atoms with E-state index in [-0.39, 0.29) is 17.4 Å². The van der Waals surface area contributed by atoms with Crippen LogP contribution in [0.4, 0.5) is 11.5 Å². The minimum Gasteiger partial charge on any atom is -0.493 e. The van der Waals surface area contributed by atoms with Crippen molar-refractivity contribution in [1.29, 1.82) is 0 Å². The molecule has 1 heterocycles. The van der Waals surface area contributed by atoms with Gasteiger partial charge in [-0.2, -0.15) is 4.98 Å². The van der Waals surface area contributed by atoms with Crippen LogP contribution in [0.2, 0.25) is 0 Å². The molecule has 2 aromatic carbocycles. The van der Waals surface area contributed by atoms with Crippen molar-refractivity contribution in [2.75, 3.05) is 26.1 Å². The number of nitrogens with zero attached hydrogens (tertiary/aromatic N) is 3. The zero-order valence-electron chi connectivity index (χ0n) is 16.3. The Balaban J connectivity index is 1.74. The van der Waals surface area contributed by atoms with Crippen LogP contribution in [-0.4, -0.2) is 35.7 Å². The molecule has 1 N–H and O–H groups in total. The van der Waals surface area contributed by atoms with E-state index in [0.717, 1.165) is 10.0 Å². The first-order valence-corrected chi connectivity index (χ1v) is 9.68. The third kappa shape index (κ3) is 5.15. The van der Waals surface area contributed by atoms with Gasteiger partial charge < -0.3 is 19.5 Å². The van der Waals surface area contributed by atoms with Crippen LogP contribution in [-0.2, 0) is 6.42 Å². The van der Waals surface area contributed by atoms with Crippen molar-refractivity contribution in [3.05, 3.63) is 68.9 Å². The second kappa shape index (κ2) is 9.88. The number of ether oxygens (including phenoxy) is 3. The van der Waals surface area contributed by atoms with Crippen LogP contribution in [0.5, 0.6) is 23.1 Å². The summed E-state index contributed by atoms with van der Waals surface area (Å²) in [4.78, 5) is 19.0. The highest BCUT2D eigenvalue weighted by atomic mass is 79.9. The van der Waals surface area contributed by atoms with E-state index in [1.165, 1.54) is 6.33 Å². The molecule has 0 saturated heterocycles. The highest BCUT2D eigenvalue weighted by molar-refractivity contribution is 9.10. The fourth-order valence-electron chi connectivity index (χ4n) is 2.71. The predicted octanol–water partition coefficient (Wildman–Crippen LogP) is 4.61. The van der Waals surface area contributed by atoms with Crippen LogP contribution >= 0.6 is 15.9 Å². The molecule has 0 aliphatic heterocycles. The summed E-state index contributed by atoms with van der Waals surface area (Å²) in [6.45, 7) is 0.408. The molecule has 0 saturated carbocycles. The second-order valence-electron chi connectivity index (χ2n) is 6.06. The lowest BCUT2D eigenvalue weighted by Crippen LogP contribution is -2.10. The summed E-state index contributed by atoms with van der Waals surface area (Å²) in [7, 11) is 3.14. The number of nitrogens with one attached hydrogen (secondary N) is 1. The van der Waals surface area contributed by atoms with Gasteiger partial charge in [0.25, 0.3) is 0 Å². The molecule has 3 rings (SSSR count). The summed E-state index contributed by atoms with van der Waals surface area (Å²) in [6, 6.07) is 12.5. The molecule has 156 valence electrons. The van der Waals surface area contributed by atoms with Gasteiger partial charge in [0, 0.05) is 11.0 Å². The molecule has 0 spiro atoms. The molecule has 9 nitrogen and oxygen atoms in total. The van der Waals surface area contributed by atoms with E-state index in [9.17, 15) is 10.1 Å². The number of anilines is 1. The highest BCUT2D eigenvalue weighted by Gasteiger charge is 2.25. The van der Waals surface area contributed by atoms with Gasteiger partial charge in [-0.15, -0.1) is 0 Å².